The van der Waals surface area contributed by atoms with E-state index in [1.165, 1.54) is 6.92 Å². The normalized spacial score (nSPS) is 15.8. The molecule has 0 aliphatic rings. The van der Waals surface area contributed by atoms with Gasteiger partial charge in [0.15, 0.2) is 5.60 Å². The molecule has 3 nitrogen and oxygen atoms in total. The number of benzene rings is 1. The molecule has 100 valence electrons. The number of hydrogen-bond acceptors (Lipinski definition) is 3. The molecule has 0 saturated heterocycles. The van der Waals surface area contributed by atoms with Crippen molar-refractivity contribution >= 4 is 5.97 Å². The lowest BCUT2D eigenvalue weighted by molar-refractivity contribution is -0.165. The van der Waals surface area contributed by atoms with Gasteiger partial charge in [0.2, 0.25) is 0 Å². The minimum Gasteiger partial charge on any atom is -0.464 e. The van der Waals surface area contributed by atoms with Crippen LogP contribution >= 0.6 is 0 Å². The van der Waals surface area contributed by atoms with Crippen molar-refractivity contribution in [1.29, 1.82) is 0 Å². The second-order valence-corrected chi connectivity index (χ2v) is 4.74. The summed E-state index contributed by atoms with van der Waals surface area (Å²) in [7, 11) is 0. The monoisotopic (exact) mass is 250 g/mol. The Hall–Kier alpha value is -1.35. The Morgan fingerprint density at radius 1 is 1.33 bits per heavy atom. The molecular weight excluding hydrogens is 228 g/mol. The summed E-state index contributed by atoms with van der Waals surface area (Å²) in [5, 5.41) is 10.4. The number of ether oxygens (including phenoxy) is 1. The van der Waals surface area contributed by atoms with Crippen molar-refractivity contribution in [1.82, 2.24) is 0 Å². The van der Waals surface area contributed by atoms with Crippen LogP contribution in [-0.2, 0) is 9.53 Å². The molecule has 2 unspecified atom stereocenters. The third-order valence-corrected chi connectivity index (χ3v) is 3.26. The van der Waals surface area contributed by atoms with Gasteiger partial charge in [-0.25, -0.2) is 4.79 Å². The standard InChI is InChI=1S/C15H22O3/c1-5-13(12-9-7-11(3)8-10-12)15(4,17)14(16)18-6-2/h7-10,13,17H,5-6H2,1-4H3. The molecule has 1 aromatic carbocycles. The maximum atomic E-state index is 11.8. The first kappa shape index (κ1) is 14.7. The van der Waals surface area contributed by atoms with Gasteiger partial charge in [-0.2, -0.15) is 0 Å². The molecule has 18 heavy (non-hydrogen) atoms. The lowest BCUT2D eigenvalue weighted by Gasteiger charge is -2.30. The maximum Gasteiger partial charge on any atom is 0.338 e. The Kier molecular flexibility index (Phi) is 4.91. The van der Waals surface area contributed by atoms with Crippen LogP contribution in [0.15, 0.2) is 24.3 Å². The van der Waals surface area contributed by atoms with Crippen LogP contribution in [0, 0.1) is 6.92 Å². The summed E-state index contributed by atoms with van der Waals surface area (Å²) in [6.45, 7) is 7.51. The molecule has 1 rings (SSSR count). The zero-order valence-corrected chi connectivity index (χ0v) is 11.6. The fraction of sp³-hybridized carbons (Fsp3) is 0.533. The molecule has 0 heterocycles. The first-order valence-corrected chi connectivity index (χ1v) is 6.39. The van der Waals surface area contributed by atoms with Gasteiger partial charge in [0, 0.05) is 5.92 Å². The summed E-state index contributed by atoms with van der Waals surface area (Å²) in [6.07, 6.45) is 0.675. The van der Waals surface area contributed by atoms with Gasteiger partial charge in [-0.3, -0.25) is 0 Å². The van der Waals surface area contributed by atoms with Gasteiger partial charge in [0.25, 0.3) is 0 Å². The minimum atomic E-state index is -1.49. The number of rotatable bonds is 5. The van der Waals surface area contributed by atoms with Crippen molar-refractivity contribution in [3.05, 3.63) is 35.4 Å². The van der Waals surface area contributed by atoms with Gasteiger partial charge < -0.3 is 9.84 Å². The second kappa shape index (κ2) is 6.01. The van der Waals surface area contributed by atoms with Crippen molar-refractivity contribution in [3.8, 4) is 0 Å². The fourth-order valence-electron chi connectivity index (χ4n) is 2.18. The van der Waals surface area contributed by atoms with Crippen LogP contribution in [0.3, 0.4) is 0 Å². The molecule has 1 aromatic rings. The summed E-state index contributed by atoms with van der Waals surface area (Å²) in [4.78, 5) is 11.8. The van der Waals surface area contributed by atoms with Gasteiger partial charge in [-0.1, -0.05) is 36.8 Å². The third kappa shape index (κ3) is 3.10. The zero-order valence-electron chi connectivity index (χ0n) is 11.6. The number of hydrogen-bond donors (Lipinski definition) is 1. The molecule has 1 N–H and O–H groups in total. The number of aliphatic hydroxyl groups is 1. The van der Waals surface area contributed by atoms with Crippen molar-refractivity contribution in [3.63, 3.8) is 0 Å². The highest BCUT2D eigenvalue weighted by Crippen LogP contribution is 2.32. The summed E-state index contributed by atoms with van der Waals surface area (Å²) < 4.78 is 4.95. The molecule has 0 saturated carbocycles. The quantitative estimate of drug-likeness (QED) is 0.817. The molecule has 0 amide bonds. The highest BCUT2D eigenvalue weighted by atomic mass is 16.5. The molecule has 0 spiro atoms. The Bertz CT molecular complexity index is 393. The average molecular weight is 250 g/mol. The molecular formula is C15H22O3. The largest absolute Gasteiger partial charge is 0.464 e. The van der Waals surface area contributed by atoms with Crippen LogP contribution in [-0.4, -0.2) is 23.3 Å². The molecule has 0 bridgehead atoms. The van der Waals surface area contributed by atoms with Crippen LogP contribution in [0.1, 0.15) is 44.2 Å². The van der Waals surface area contributed by atoms with Crippen LogP contribution in [0.4, 0.5) is 0 Å². The van der Waals surface area contributed by atoms with E-state index in [-0.39, 0.29) is 12.5 Å². The van der Waals surface area contributed by atoms with Gasteiger partial charge in [-0.05, 0) is 32.8 Å². The highest BCUT2D eigenvalue weighted by molar-refractivity contribution is 5.80. The number of esters is 1. The Morgan fingerprint density at radius 3 is 2.33 bits per heavy atom. The summed E-state index contributed by atoms with van der Waals surface area (Å²) in [5.41, 5.74) is 0.630. The van der Waals surface area contributed by atoms with E-state index >= 15 is 0 Å². The number of carbonyl (C=O) groups excluding carboxylic acids is 1. The van der Waals surface area contributed by atoms with Crippen LogP contribution in [0.25, 0.3) is 0 Å². The van der Waals surface area contributed by atoms with E-state index in [0.29, 0.717) is 6.42 Å². The fourth-order valence-corrected chi connectivity index (χ4v) is 2.18. The van der Waals surface area contributed by atoms with E-state index in [0.717, 1.165) is 11.1 Å². The van der Waals surface area contributed by atoms with E-state index in [1.54, 1.807) is 6.92 Å². The van der Waals surface area contributed by atoms with Gasteiger partial charge in [0.05, 0.1) is 6.61 Å². The Balaban J connectivity index is 3.01. The molecule has 0 fully saturated rings. The molecule has 2 atom stereocenters. The summed E-state index contributed by atoms with van der Waals surface area (Å²) in [5.74, 6) is -0.811. The molecule has 0 aliphatic carbocycles. The summed E-state index contributed by atoms with van der Waals surface area (Å²) in [6, 6.07) is 7.88. The van der Waals surface area contributed by atoms with E-state index in [1.807, 2.05) is 38.1 Å². The number of aryl methyl sites for hydroxylation is 1. The van der Waals surface area contributed by atoms with Crippen molar-refractivity contribution in [2.75, 3.05) is 6.61 Å². The first-order valence-electron chi connectivity index (χ1n) is 6.39. The third-order valence-electron chi connectivity index (χ3n) is 3.26. The van der Waals surface area contributed by atoms with Gasteiger partial charge >= 0.3 is 5.97 Å². The molecule has 0 aromatic heterocycles. The second-order valence-electron chi connectivity index (χ2n) is 4.74. The molecule has 3 heteroatoms. The Morgan fingerprint density at radius 2 is 1.89 bits per heavy atom. The van der Waals surface area contributed by atoms with Crippen molar-refractivity contribution in [2.24, 2.45) is 0 Å². The van der Waals surface area contributed by atoms with E-state index in [4.69, 9.17) is 4.74 Å². The van der Waals surface area contributed by atoms with E-state index < -0.39 is 11.6 Å². The van der Waals surface area contributed by atoms with Gasteiger partial charge in [0.1, 0.15) is 0 Å². The van der Waals surface area contributed by atoms with Crippen LogP contribution in [0.5, 0.6) is 0 Å². The minimum absolute atomic E-state index is 0.253. The van der Waals surface area contributed by atoms with Gasteiger partial charge in [-0.15, -0.1) is 0 Å². The molecule has 0 aliphatic heterocycles. The van der Waals surface area contributed by atoms with Crippen LogP contribution < -0.4 is 0 Å². The smallest absolute Gasteiger partial charge is 0.338 e. The lowest BCUT2D eigenvalue weighted by atomic mass is 9.81. The summed E-state index contributed by atoms with van der Waals surface area (Å²) >= 11 is 0. The average Bonchev–Trinajstić information content (AvgIpc) is 2.32. The van der Waals surface area contributed by atoms with E-state index in [2.05, 4.69) is 0 Å². The predicted octanol–water partition coefficient (Wildman–Crippen LogP) is 2.80. The van der Waals surface area contributed by atoms with E-state index in [9.17, 15) is 9.90 Å². The zero-order chi connectivity index (χ0) is 13.8. The number of carbonyl (C=O) groups is 1. The predicted molar refractivity (Wildman–Crippen MR) is 71.5 cm³/mol. The van der Waals surface area contributed by atoms with Crippen LogP contribution in [0.2, 0.25) is 0 Å². The first-order chi connectivity index (χ1) is 8.43. The molecule has 0 radical (unpaired) electrons. The highest BCUT2D eigenvalue weighted by Gasteiger charge is 2.40. The SMILES string of the molecule is CCOC(=O)C(C)(O)C(CC)c1ccc(C)cc1. The maximum absolute atomic E-state index is 11.8. The Labute approximate surface area is 109 Å². The lowest BCUT2D eigenvalue weighted by Crippen LogP contribution is -2.42. The van der Waals surface area contributed by atoms with Crippen molar-refractivity contribution in [2.45, 2.75) is 45.6 Å². The topological polar surface area (TPSA) is 46.5 Å². The van der Waals surface area contributed by atoms with Crippen molar-refractivity contribution < 1.29 is 14.6 Å².